The van der Waals surface area contributed by atoms with Gasteiger partial charge in [-0.05, 0) is 43.5 Å². The molecule has 2 N–H and O–H groups in total. The van der Waals surface area contributed by atoms with Gasteiger partial charge in [0.1, 0.15) is 11.5 Å². The van der Waals surface area contributed by atoms with Crippen LogP contribution in [-0.2, 0) is 4.79 Å². The predicted molar refractivity (Wildman–Crippen MR) is 105 cm³/mol. The van der Waals surface area contributed by atoms with Gasteiger partial charge >= 0.3 is 5.97 Å². The molecule has 145 valence electrons. The van der Waals surface area contributed by atoms with E-state index >= 15 is 0 Å². The summed E-state index contributed by atoms with van der Waals surface area (Å²) in [7, 11) is 0. The Balaban J connectivity index is 1.74. The van der Waals surface area contributed by atoms with Gasteiger partial charge in [-0.2, -0.15) is 4.98 Å². The lowest BCUT2D eigenvalue weighted by molar-refractivity contribution is -0.151. The zero-order valence-corrected chi connectivity index (χ0v) is 15.4. The summed E-state index contributed by atoms with van der Waals surface area (Å²) >= 11 is 0. The first-order valence-corrected chi connectivity index (χ1v) is 9.42. The van der Waals surface area contributed by atoms with Crippen LogP contribution in [0.1, 0.15) is 38.1 Å². The summed E-state index contributed by atoms with van der Waals surface area (Å²) in [6, 6.07) is 7.66. The molecule has 1 radical (unpaired) electrons. The van der Waals surface area contributed by atoms with E-state index in [0.717, 1.165) is 18.2 Å². The van der Waals surface area contributed by atoms with Crippen molar-refractivity contribution in [3.8, 4) is 0 Å². The molecule has 2 heterocycles. The number of hydrogen-bond donors (Lipinski definition) is 2. The van der Waals surface area contributed by atoms with Crippen LogP contribution in [0.4, 0.5) is 16.0 Å². The normalized spacial score (nSPS) is 16.9. The number of carbonyl (C=O) groups is 1. The van der Waals surface area contributed by atoms with E-state index in [9.17, 15) is 14.3 Å². The molecule has 0 spiro atoms. The number of aromatic nitrogens is 3. The first-order chi connectivity index (χ1) is 13.5. The maximum Gasteiger partial charge on any atom is 0.311 e. The molecular formula is C21H22FN4O2. The average molecular weight is 381 g/mol. The number of rotatable bonds is 6. The Labute approximate surface area is 162 Å². The summed E-state index contributed by atoms with van der Waals surface area (Å²) < 4.78 is 15.3. The molecule has 1 fully saturated rings. The van der Waals surface area contributed by atoms with Gasteiger partial charge in [-0.1, -0.05) is 25.8 Å². The van der Waals surface area contributed by atoms with Gasteiger partial charge in [0.2, 0.25) is 5.95 Å². The van der Waals surface area contributed by atoms with Crippen LogP contribution in [0.5, 0.6) is 0 Å². The molecule has 4 rings (SSSR count). The highest BCUT2D eigenvalue weighted by atomic mass is 19.1. The van der Waals surface area contributed by atoms with Crippen LogP contribution in [-0.4, -0.2) is 25.6 Å². The van der Waals surface area contributed by atoms with Crippen LogP contribution in [0, 0.1) is 18.2 Å². The molecule has 1 aromatic carbocycles. The van der Waals surface area contributed by atoms with Gasteiger partial charge in [0, 0.05) is 23.5 Å². The second-order valence-corrected chi connectivity index (χ2v) is 7.30. The number of fused-ring (bicyclic) bond motifs is 1. The first-order valence-electron chi connectivity index (χ1n) is 9.42. The third-order valence-electron chi connectivity index (χ3n) is 5.70. The molecule has 3 aromatic rings. The molecular weight excluding hydrogens is 359 g/mol. The van der Waals surface area contributed by atoms with Crippen molar-refractivity contribution in [2.45, 2.75) is 38.1 Å². The van der Waals surface area contributed by atoms with Gasteiger partial charge in [0.15, 0.2) is 0 Å². The quantitative estimate of drug-likeness (QED) is 0.646. The van der Waals surface area contributed by atoms with Crippen molar-refractivity contribution in [2.24, 2.45) is 5.41 Å². The fourth-order valence-electron chi connectivity index (χ4n) is 4.32. The molecule has 1 aliphatic carbocycles. The van der Waals surface area contributed by atoms with Crippen molar-refractivity contribution in [1.82, 2.24) is 14.5 Å². The maximum absolute atomic E-state index is 13.4. The minimum atomic E-state index is -0.825. The second kappa shape index (κ2) is 7.22. The summed E-state index contributed by atoms with van der Waals surface area (Å²) in [4.78, 5) is 21.1. The number of anilines is 2. The summed E-state index contributed by atoms with van der Waals surface area (Å²) in [6.45, 7) is 4.04. The van der Waals surface area contributed by atoms with Gasteiger partial charge in [-0.15, -0.1) is 0 Å². The number of nitrogens with one attached hydrogen (secondary N) is 1. The van der Waals surface area contributed by atoms with Crippen LogP contribution in [0.15, 0.2) is 42.7 Å². The van der Waals surface area contributed by atoms with E-state index in [-0.39, 0.29) is 11.9 Å². The number of hydrogen-bond acceptors (Lipinski definition) is 4. The zero-order chi connectivity index (χ0) is 19.7. The van der Waals surface area contributed by atoms with Gasteiger partial charge in [0.25, 0.3) is 0 Å². The Bertz CT molecular complexity index is 1010. The molecule has 0 saturated heterocycles. The minimum absolute atomic E-state index is 0.290. The van der Waals surface area contributed by atoms with E-state index in [1.54, 1.807) is 18.3 Å². The molecule has 0 aliphatic heterocycles. The first kappa shape index (κ1) is 18.4. The van der Waals surface area contributed by atoms with Crippen molar-refractivity contribution in [3.05, 3.63) is 55.5 Å². The number of benzene rings is 1. The van der Waals surface area contributed by atoms with Crippen molar-refractivity contribution >= 4 is 28.6 Å². The highest BCUT2D eigenvalue weighted by Gasteiger charge is 2.48. The summed E-state index contributed by atoms with van der Waals surface area (Å²) in [5.41, 5.74) is 0.369. The molecule has 0 amide bonds. The molecule has 1 unspecified atom stereocenters. The Hall–Kier alpha value is -2.96. The van der Waals surface area contributed by atoms with E-state index < -0.39 is 11.4 Å². The number of halogens is 1. The van der Waals surface area contributed by atoms with Gasteiger partial charge < -0.3 is 15.0 Å². The maximum atomic E-state index is 13.4. The van der Waals surface area contributed by atoms with Crippen LogP contribution < -0.4 is 5.32 Å². The van der Waals surface area contributed by atoms with Crippen LogP contribution >= 0.6 is 0 Å². The minimum Gasteiger partial charge on any atom is -0.481 e. The Morgan fingerprint density at radius 3 is 2.82 bits per heavy atom. The third-order valence-corrected chi connectivity index (χ3v) is 5.70. The van der Waals surface area contributed by atoms with Crippen molar-refractivity contribution in [1.29, 1.82) is 0 Å². The molecule has 6 nitrogen and oxygen atoms in total. The zero-order valence-electron chi connectivity index (χ0n) is 15.4. The topological polar surface area (TPSA) is 80.0 Å². The predicted octanol–water partition coefficient (Wildman–Crippen LogP) is 4.72. The monoisotopic (exact) mass is 381 g/mol. The number of nitrogens with zero attached hydrogens (tertiary/aromatic N) is 3. The molecule has 2 aromatic heterocycles. The largest absolute Gasteiger partial charge is 0.481 e. The highest BCUT2D eigenvalue weighted by Crippen LogP contribution is 2.49. The van der Waals surface area contributed by atoms with Crippen LogP contribution in [0.25, 0.3) is 11.0 Å². The molecule has 1 saturated carbocycles. The van der Waals surface area contributed by atoms with Crippen molar-refractivity contribution in [2.75, 3.05) is 5.32 Å². The van der Waals surface area contributed by atoms with Gasteiger partial charge in [0.05, 0.1) is 11.5 Å². The second-order valence-electron chi connectivity index (χ2n) is 7.30. The Kier molecular flexibility index (Phi) is 4.75. The Morgan fingerprint density at radius 1 is 1.36 bits per heavy atom. The lowest BCUT2D eigenvalue weighted by Crippen LogP contribution is -2.37. The molecule has 28 heavy (non-hydrogen) atoms. The van der Waals surface area contributed by atoms with E-state index in [1.165, 1.54) is 12.1 Å². The smallest absolute Gasteiger partial charge is 0.311 e. The van der Waals surface area contributed by atoms with Crippen LogP contribution in [0.3, 0.4) is 0 Å². The summed E-state index contributed by atoms with van der Waals surface area (Å²) in [5.74, 6) is -0.791. The van der Waals surface area contributed by atoms with Crippen molar-refractivity contribution < 1.29 is 14.3 Å². The number of carboxylic acid groups (broad SMARTS) is 1. The molecule has 7 heteroatoms. The van der Waals surface area contributed by atoms with E-state index in [2.05, 4.69) is 22.2 Å². The molecule has 1 atom stereocenters. The fourth-order valence-corrected chi connectivity index (χ4v) is 4.32. The SMILES string of the molecule is [CH2]CC(n1ccc2cnc(Nc3cccc(F)c3)nc21)C1(C(=O)O)CCCC1. The highest BCUT2D eigenvalue weighted by molar-refractivity contribution is 5.79. The summed E-state index contributed by atoms with van der Waals surface area (Å²) in [5, 5.41) is 13.8. The Morgan fingerprint density at radius 2 is 2.14 bits per heavy atom. The van der Waals surface area contributed by atoms with E-state index in [1.807, 2.05) is 16.8 Å². The summed E-state index contributed by atoms with van der Waals surface area (Å²) in [6.07, 6.45) is 7.09. The number of aliphatic carboxylic acids is 1. The van der Waals surface area contributed by atoms with E-state index in [4.69, 9.17) is 0 Å². The van der Waals surface area contributed by atoms with Crippen molar-refractivity contribution in [3.63, 3.8) is 0 Å². The van der Waals surface area contributed by atoms with Gasteiger partial charge in [-0.3, -0.25) is 4.79 Å². The molecule has 0 bridgehead atoms. The lowest BCUT2D eigenvalue weighted by Gasteiger charge is -2.34. The lowest BCUT2D eigenvalue weighted by atomic mass is 9.77. The molecule has 1 aliphatic rings. The standard InChI is InChI=1S/C21H22FN4O2/c1-2-17(21(19(27)28)9-3-4-10-21)26-11-8-14-13-23-20(25-18(14)26)24-16-7-5-6-15(22)12-16/h5-8,11-13,17H,1-4,9-10H2,(H,27,28)(H,23,24,25). The van der Waals surface area contributed by atoms with E-state index in [0.29, 0.717) is 36.5 Å². The fraction of sp³-hybridized carbons (Fsp3) is 0.333. The average Bonchev–Trinajstić information content (AvgIpc) is 3.31. The number of carboxylic acids is 1. The van der Waals surface area contributed by atoms with Gasteiger partial charge in [-0.25, -0.2) is 9.37 Å². The third kappa shape index (κ3) is 3.10. The van der Waals surface area contributed by atoms with Crippen LogP contribution in [0.2, 0.25) is 0 Å².